The molecule has 0 bridgehead atoms. The molecule has 0 saturated heterocycles. The first-order chi connectivity index (χ1) is 14.9. The molecule has 0 fully saturated rings. The fraction of sp³-hybridized carbons (Fsp3) is 0.762. The molecule has 0 spiro atoms. The lowest BCUT2D eigenvalue weighted by Crippen LogP contribution is -2.38. The molecule has 0 aliphatic heterocycles. The molecule has 32 heavy (non-hydrogen) atoms. The van der Waals surface area contributed by atoms with E-state index in [4.69, 9.17) is 19.0 Å². The zero-order chi connectivity index (χ0) is 24.6. The quantitative estimate of drug-likeness (QED) is 0.194. The molecule has 11 heteroatoms. The van der Waals surface area contributed by atoms with Gasteiger partial charge in [0.1, 0.15) is 25.1 Å². The largest absolute Gasteiger partial charge is 0.463 e. The molecular formula is C21H36N2O9. The summed E-state index contributed by atoms with van der Waals surface area (Å²) in [7, 11) is 0. The lowest BCUT2D eigenvalue weighted by atomic mass is 9.96. The summed E-state index contributed by atoms with van der Waals surface area (Å²) in [5.41, 5.74) is 1.59. The second-order valence-corrected chi connectivity index (χ2v) is 8.16. The molecule has 0 heterocycles. The minimum atomic E-state index is -0.618. The Hall–Kier alpha value is -2.53. The van der Waals surface area contributed by atoms with Crippen LogP contribution in [0.15, 0.2) is 0 Å². The van der Waals surface area contributed by atoms with Gasteiger partial charge in [-0.05, 0) is 12.8 Å². The van der Waals surface area contributed by atoms with E-state index in [0.717, 1.165) is 0 Å². The molecule has 2 amide bonds. The van der Waals surface area contributed by atoms with Crippen LogP contribution in [0.25, 0.3) is 0 Å². The summed E-state index contributed by atoms with van der Waals surface area (Å²) in [6.07, 6.45) is 0.934. The summed E-state index contributed by atoms with van der Waals surface area (Å²) in [6, 6.07) is 0. The summed E-state index contributed by atoms with van der Waals surface area (Å²) < 4.78 is 15.2. The van der Waals surface area contributed by atoms with Crippen molar-refractivity contribution >= 4 is 29.5 Å². The number of carbonyl (C=O) groups is 5. The second kappa shape index (κ2) is 16.2. The number of ether oxygens (including phenoxy) is 3. The van der Waals surface area contributed by atoms with E-state index in [0.29, 0.717) is 32.2 Å². The Labute approximate surface area is 188 Å². The predicted molar refractivity (Wildman–Crippen MR) is 113 cm³/mol. The van der Waals surface area contributed by atoms with E-state index in [9.17, 15) is 24.0 Å². The van der Waals surface area contributed by atoms with Crippen molar-refractivity contribution in [1.82, 2.24) is 10.8 Å². The van der Waals surface area contributed by atoms with Gasteiger partial charge < -0.3 is 19.5 Å². The van der Waals surface area contributed by atoms with Gasteiger partial charge in [0, 0.05) is 45.3 Å². The van der Waals surface area contributed by atoms with Crippen molar-refractivity contribution in [2.75, 3.05) is 33.0 Å². The number of carbonyl (C=O) groups excluding carboxylic acids is 5. The van der Waals surface area contributed by atoms with Crippen LogP contribution in [-0.2, 0) is 43.0 Å². The van der Waals surface area contributed by atoms with E-state index in [1.807, 2.05) is 0 Å². The third kappa shape index (κ3) is 17.2. The van der Waals surface area contributed by atoms with Crippen LogP contribution >= 0.6 is 0 Å². The molecule has 0 aliphatic rings. The van der Waals surface area contributed by atoms with Gasteiger partial charge >= 0.3 is 11.9 Å². The van der Waals surface area contributed by atoms with Gasteiger partial charge in [-0.3, -0.25) is 28.8 Å². The van der Waals surface area contributed by atoms with Crippen LogP contribution < -0.4 is 10.8 Å². The molecule has 11 nitrogen and oxygen atoms in total. The SMILES string of the molecule is CC(=O)OCC(COC(C)=O)OCCCC(=O)CCCNC(=O)CONC(=O)C(C)(C)C. The molecule has 0 aromatic carbocycles. The Morgan fingerprint density at radius 2 is 1.44 bits per heavy atom. The maximum atomic E-state index is 11.9. The summed E-state index contributed by atoms with van der Waals surface area (Å²) in [5.74, 6) is -1.64. The van der Waals surface area contributed by atoms with Gasteiger partial charge in [0.25, 0.3) is 0 Å². The third-order valence-electron chi connectivity index (χ3n) is 3.90. The number of amides is 2. The Morgan fingerprint density at radius 1 is 0.875 bits per heavy atom. The molecule has 0 aromatic heterocycles. The zero-order valence-electron chi connectivity index (χ0n) is 19.6. The molecule has 0 saturated carbocycles. The number of Topliss-reactive ketones (excluding diaryl/α,β-unsaturated/α-hetero) is 1. The molecule has 0 atom stereocenters. The lowest BCUT2D eigenvalue weighted by molar-refractivity contribution is -0.152. The van der Waals surface area contributed by atoms with Crippen LogP contribution in [0.2, 0.25) is 0 Å². The van der Waals surface area contributed by atoms with Gasteiger partial charge in [0.2, 0.25) is 11.8 Å². The van der Waals surface area contributed by atoms with Gasteiger partial charge in [-0.15, -0.1) is 0 Å². The van der Waals surface area contributed by atoms with Crippen molar-refractivity contribution in [3.05, 3.63) is 0 Å². The van der Waals surface area contributed by atoms with Crippen LogP contribution in [0.3, 0.4) is 0 Å². The zero-order valence-corrected chi connectivity index (χ0v) is 19.6. The van der Waals surface area contributed by atoms with E-state index in [1.54, 1.807) is 20.8 Å². The van der Waals surface area contributed by atoms with Crippen molar-refractivity contribution in [1.29, 1.82) is 0 Å². The minimum Gasteiger partial charge on any atom is -0.463 e. The first-order valence-electron chi connectivity index (χ1n) is 10.5. The molecule has 2 N–H and O–H groups in total. The van der Waals surface area contributed by atoms with E-state index >= 15 is 0 Å². The monoisotopic (exact) mass is 460 g/mol. The number of hydrogen-bond donors (Lipinski definition) is 2. The standard InChI is InChI=1S/C21H36N2O9/c1-15(24)30-12-18(13-31-16(2)25)29-11-7-9-17(26)8-6-10-22-19(27)14-32-23-20(28)21(3,4)5/h18H,6-14H2,1-5H3,(H,22,27)(H,23,28). The third-order valence-corrected chi connectivity index (χ3v) is 3.90. The topological polar surface area (TPSA) is 146 Å². The number of ketones is 1. The molecule has 184 valence electrons. The Bertz CT molecular complexity index is 611. The van der Waals surface area contributed by atoms with Gasteiger partial charge in [-0.2, -0.15) is 0 Å². The normalized spacial score (nSPS) is 11.1. The van der Waals surface area contributed by atoms with Gasteiger partial charge in [0.15, 0.2) is 6.61 Å². The molecule has 0 rings (SSSR count). The van der Waals surface area contributed by atoms with Crippen LogP contribution in [0.1, 0.15) is 60.3 Å². The van der Waals surface area contributed by atoms with Gasteiger partial charge in [-0.25, -0.2) is 5.48 Å². The Balaban J connectivity index is 3.88. The smallest absolute Gasteiger partial charge is 0.302 e. The van der Waals surface area contributed by atoms with Crippen LogP contribution in [0.4, 0.5) is 0 Å². The van der Waals surface area contributed by atoms with Crippen molar-refractivity contribution in [2.45, 2.75) is 66.4 Å². The van der Waals surface area contributed by atoms with E-state index in [2.05, 4.69) is 10.8 Å². The fourth-order valence-corrected chi connectivity index (χ4v) is 2.09. The number of nitrogens with one attached hydrogen (secondary N) is 2. The van der Waals surface area contributed by atoms with Crippen molar-refractivity contribution < 1.29 is 43.0 Å². The Kier molecular flexibility index (Phi) is 14.9. The summed E-state index contributed by atoms with van der Waals surface area (Å²) in [6.45, 7) is 7.86. The van der Waals surface area contributed by atoms with Crippen LogP contribution in [-0.4, -0.2) is 68.6 Å². The first kappa shape index (κ1) is 29.5. The van der Waals surface area contributed by atoms with Crippen molar-refractivity contribution in [3.8, 4) is 0 Å². The maximum absolute atomic E-state index is 11.9. The molecular weight excluding hydrogens is 424 g/mol. The number of hydrogen-bond acceptors (Lipinski definition) is 9. The van der Waals surface area contributed by atoms with Crippen molar-refractivity contribution in [2.24, 2.45) is 5.41 Å². The van der Waals surface area contributed by atoms with Gasteiger partial charge in [0.05, 0.1) is 0 Å². The number of esters is 2. The van der Waals surface area contributed by atoms with Crippen LogP contribution in [0.5, 0.6) is 0 Å². The summed E-state index contributed by atoms with van der Waals surface area (Å²) in [5, 5.41) is 2.60. The molecule has 0 aromatic rings. The average Bonchev–Trinajstić information content (AvgIpc) is 2.68. The predicted octanol–water partition coefficient (Wildman–Crippen LogP) is 0.837. The summed E-state index contributed by atoms with van der Waals surface area (Å²) in [4.78, 5) is 61.8. The number of hydroxylamine groups is 1. The van der Waals surface area contributed by atoms with E-state index in [-0.39, 0.29) is 38.1 Å². The average molecular weight is 461 g/mol. The summed E-state index contributed by atoms with van der Waals surface area (Å²) >= 11 is 0. The highest BCUT2D eigenvalue weighted by Crippen LogP contribution is 2.12. The second-order valence-electron chi connectivity index (χ2n) is 8.16. The Morgan fingerprint density at radius 3 is 1.97 bits per heavy atom. The van der Waals surface area contributed by atoms with Crippen LogP contribution in [0, 0.1) is 5.41 Å². The lowest BCUT2D eigenvalue weighted by Gasteiger charge is -2.17. The van der Waals surface area contributed by atoms with E-state index < -0.39 is 29.4 Å². The van der Waals surface area contributed by atoms with Gasteiger partial charge in [-0.1, -0.05) is 20.8 Å². The maximum Gasteiger partial charge on any atom is 0.302 e. The molecule has 0 unspecified atom stereocenters. The highest BCUT2D eigenvalue weighted by atomic mass is 16.7. The fourth-order valence-electron chi connectivity index (χ4n) is 2.09. The minimum absolute atomic E-state index is 0.0214. The van der Waals surface area contributed by atoms with E-state index in [1.165, 1.54) is 13.8 Å². The van der Waals surface area contributed by atoms with Crippen molar-refractivity contribution in [3.63, 3.8) is 0 Å². The highest BCUT2D eigenvalue weighted by molar-refractivity contribution is 5.81. The first-order valence-corrected chi connectivity index (χ1v) is 10.5. The molecule has 0 radical (unpaired) electrons. The highest BCUT2D eigenvalue weighted by Gasteiger charge is 2.21. The number of rotatable bonds is 16. The molecule has 0 aliphatic carbocycles.